The summed E-state index contributed by atoms with van der Waals surface area (Å²) in [5.41, 5.74) is 1.38. The molecule has 2 rings (SSSR count). The van der Waals surface area contributed by atoms with Crippen molar-refractivity contribution in [2.24, 2.45) is 5.92 Å². The molecule has 124 valence electrons. The third-order valence-electron chi connectivity index (χ3n) is 4.01. The number of ether oxygens (including phenoxy) is 1. The van der Waals surface area contributed by atoms with Crippen LogP contribution in [0.5, 0.6) is 0 Å². The Bertz CT molecular complexity index is 584. The van der Waals surface area contributed by atoms with Crippen molar-refractivity contribution in [2.75, 3.05) is 13.1 Å². The third-order valence-corrected chi connectivity index (χ3v) is 4.01. The molecule has 0 bridgehead atoms. The highest BCUT2D eigenvalue weighted by atomic mass is 16.6. The second-order valence-electron chi connectivity index (χ2n) is 7.30. The van der Waals surface area contributed by atoms with Crippen molar-refractivity contribution in [3.8, 4) is 6.07 Å². The topological polar surface area (TPSA) is 53.3 Å². The average Bonchev–Trinajstić information content (AvgIpc) is 2.46. The number of rotatable bonds is 4. The Balaban J connectivity index is 1.91. The quantitative estimate of drug-likeness (QED) is 0.798. The number of carbonyl (C=O) groups is 1. The molecule has 1 fully saturated rings. The van der Waals surface area contributed by atoms with Gasteiger partial charge in [0.15, 0.2) is 0 Å². The number of piperidine rings is 1. The van der Waals surface area contributed by atoms with Crippen LogP contribution in [0.25, 0.3) is 0 Å². The summed E-state index contributed by atoms with van der Waals surface area (Å²) in [6, 6.07) is 9.99. The standard InChI is InChI=1S/C19H26N2O2/c1-19(2,3)23-18(22)11-15-7-6-10-21(13-15)14-17-9-5-4-8-16(17)12-20/h4-5,8-9,15H,6-7,10-11,13-14H2,1-3H3/t15-/m0/s1. The van der Waals surface area contributed by atoms with Crippen molar-refractivity contribution in [1.29, 1.82) is 5.26 Å². The number of carbonyl (C=O) groups excluding carboxylic acids is 1. The summed E-state index contributed by atoms with van der Waals surface area (Å²) in [6.07, 6.45) is 2.63. The lowest BCUT2D eigenvalue weighted by Crippen LogP contribution is -2.36. The van der Waals surface area contributed by atoms with Crippen molar-refractivity contribution in [3.63, 3.8) is 0 Å². The van der Waals surface area contributed by atoms with Gasteiger partial charge in [-0.1, -0.05) is 18.2 Å². The number of nitriles is 1. The van der Waals surface area contributed by atoms with E-state index in [2.05, 4.69) is 11.0 Å². The number of benzene rings is 1. The molecule has 0 aliphatic carbocycles. The molecule has 23 heavy (non-hydrogen) atoms. The first-order valence-corrected chi connectivity index (χ1v) is 8.29. The number of likely N-dealkylation sites (tertiary alicyclic amines) is 1. The molecule has 0 radical (unpaired) electrons. The Hall–Kier alpha value is -1.86. The van der Waals surface area contributed by atoms with Crippen LogP contribution in [-0.2, 0) is 16.1 Å². The molecule has 0 saturated carbocycles. The van der Waals surface area contributed by atoms with Gasteiger partial charge in [0.25, 0.3) is 0 Å². The number of esters is 1. The highest BCUT2D eigenvalue weighted by Gasteiger charge is 2.25. The van der Waals surface area contributed by atoms with Crippen LogP contribution in [-0.4, -0.2) is 29.6 Å². The lowest BCUT2D eigenvalue weighted by molar-refractivity contribution is -0.156. The molecule has 1 aromatic carbocycles. The Morgan fingerprint density at radius 3 is 2.83 bits per heavy atom. The number of hydrogen-bond acceptors (Lipinski definition) is 4. The first kappa shape index (κ1) is 17.5. The van der Waals surface area contributed by atoms with E-state index < -0.39 is 5.60 Å². The fourth-order valence-electron chi connectivity index (χ4n) is 3.09. The Morgan fingerprint density at radius 2 is 2.13 bits per heavy atom. The van der Waals surface area contributed by atoms with Crippen LogP contribution < -0.4 is 0 Å². The maximum absolute atomic E-state index is 12.0. The van der Waals surface area contributed by atoms with Crippen molar-refractivity contribution < 1.29 is 9.53 Å². The van der Waals surface area contributed by atoms with E-state index in [0.29, 0.717) is 12.3 Å². The third kappa shape index (κ3) is 5.69. The summed E-state index contributed by atoms with van der Waals surface area (Å²) >= 11 is 0. The SMILES string of the molecule is CC(C)(C)OC(=O)C[C@@H]1CCCN(Cc2ccccc2C#N)C1. The molecule has 0 amide bonds. The smallest absolute Gasteiger partial charge is 0.306 e. The van der Waals surface area contributed by atoms with E-state index in [0.717, 1.165) is 43.6 Å². The van der Waals surface area contributed by atoms with Crippen molar-refractivity contribution in [1.82, 2.24) is 4.90 Å². The van der Waals surface area contributed by atoms with Gasteiger partial charge in [0.05, 0.1) is 11.6 Å². The van der Waals surface area contributed by atoms with Gasteiger partial charge in [0.2, 0.25) is 0 Å². The van der Waals surface area contributed by atoms with Gasteiger partial charge >= 0.3 is 5.97 Å². The summed E-state index contributed by atoms with van der Waals surface area (Å²) in [7, 11) is 0. The van der Waals surface area contributed by atoms with Gasteiger partial charge in [0.1, 0.15) is 5.60 Å². The van der Waals surface area contributed by atoms with Crippen LogP contribution in [0.15, 0.2) is 24.3 Å². The van der Waals surface area contributed by atoms with E-state index >= 15 is 0 Å². The number of hydrogen-bond donors (Lipinski definition) is 0. The van der Waals surface area contributed by atoms with Crippen LogP contribution in [0.4, 0.5) is 0 Å². The predicted molar refractivity (Wildman–Crippen MR) is 89.6 cm³/mol. The Kier molecular flexibility index (Phi) is 5.79. The summed E-state index contributed by atoms with van der Waals surface area (Å²) in [4.78, 5) is 14.4. The van der Waals surface area contributed by atoms with E-state index in [1.54, 1.807) is 0 Å². The highest BCUT2D eigenvalue weighted by molar-refractivity contribution is 5.70. The summed E-state index contributed by atoms with van der Waals surface area (Å²) in [6.45, 7) is 8.38. The van der Waals surface area contributed by atoms with E-state index in [4.69, 9.17) is 4.74 Å². The molecular formula is C19H26N2O2. The van der Waals surface area contributed by atoms with E-state index in [9.17, 15) is 10.1 Å². The molecule has 0 unspecified atom stereocenters. The maximum atomic E-state index is 12.0. The molecule has 4 nitrogen and oxygen atoms in total. The molecule has 1 aromatic rings. The molecule has 1 aliphatic heterocycles. The van der Waals surface area contributed by atoms with Gasteiger partial charge in [-0.3, -0.25) is 9.69 Å². The van der Waals surface area contributed by atoms with Crippen LogP contribution in [0, 0.1) is 17.2 Å². The lowest BCUT2D eigenvalue weighted by Gasteiger charge is -2.33. The van der Waals surface area contributed by atoms with Gasteiger partial charge in [-0.05, 0) is 57.7 Å². The van der Waals surface area contributed by atoms with Gasteiger partial charge < -0.3 is 4.74 Å². The molecule has 1 aliphatic rings. The van der Waals surface area contributed by atoms with Crippen LogP contribution >= 0.6 is 0 Å². The zero-order chi connectivity index (χ0) is 16.9. The van der Waals surface area contributed by atoms with E-state index in [1.807, 2.05) is 45.0 Å². The predicted octanol–water partition coefficient (Wildman–Crippen LogP) is 3.50. The maximum Gasteiger partial charge on any atom is 0.306 e. The average molecular weight is 314 g/mol. The highest BCUT2D eigenvalue weighted by Crippen LogP contribution is 2.23. The monoisotopic (exact) mass is 314 g/mol. The minimum absolute atomic E-state index is 0.109. The summed E-state index contributed by atoms with van der Waals surface area (Å²) < 4.78 is 5.43. The lowest BCUT2D eigenvalue weighted by atomic mass is 9.94. The first-order valence-electron chi connectivity index (χ1n) is 8.29. The van der Waals surface area contributed by atoms with Crippen molar-refractivity contribution in [3.05, 3.63) is 35.4 Å². The first-order chi connectivity index (χ1) is 10.9. The van der Waals surface area contributed by atoms with Gasteiger partial charge in [0, 0.05) is 19.5 Å². The zero-order valence-electron chi connectivity index (χ0n) is 14.3. The van der Waals surface area contributed by atoms with E-state index in [-0.39, 0.29) is 5.97 Å². The fourth-order valence-corrected chi connectivity index (χ4v) is 3.09. The van der Waals surface area contributed by atoms with E-state index in [1.165, 1.54) is 0 Å². The van der Waals surface area contributed by atoms with Crippen molar-refractivity contribution in [2.45, 2.75) is 52.2 Å². The molecule has 0 aromatic heterocycles. The molecule has 4 heteroatoms. The largest absolute Gasteiger partial charge is 0.460 e. The van der Waals surface area contributed by atoms with Crippen LogP contribution in [0.2, 0.25) is 0 Å². The molecule has 0 spiro atoms. The van der Waals surface area contributed by atoms with Crippen molar-refractivity contribution >= 4 is 5.97 Å². The fraction of sp³-hybridized carbons (Fsp3) is 0.579. The summed E-state index contributed by atoms with van der Waals surface area (Å²) in [5, 5.41) is 9.20. The minimum Gasteiger partial charge on any atom is -0.460 e. The zero-order valence-corrected chi connectivity index (χ0v) is 14.3. The van der Waals surface area contributed by atoms with Gasteiger partial charge in [-0.15, -0.1) is 0 Å². The Morgan fingerprint density at radius 1 is 1.39 bits per heavy atom. The molecule has 1 saturated heterocycles. The van der Waals surface area contributed by atoms with Gasteiger partial charge in [-0.2, -0.15) is 5.26 Å². The van der Waals surface area contributed by atoms with Crippen LogP contribution in [0.3, 0.4) is 0 Å². The normalized spacial score (nSPS) is 19.1. The second-order valence-corrected chi connectivity index (χ2v) is 7.30. The molecular weight excluding hydrogens is 288 g/mol. The van der Waals surface area contributed by atoms with Gasteiger partial charge in [-0.25, -0.2) is 0 Å². The van der Waals surface area contributed by atoms with Crippen LogP contribution in [0.1, 0.15) is 51.2 Å². The molecule has 1 heterocycles. The Labute approximate surface area is 139 Å². The second kappa shape index (κ2) is 7.61. The minimum atomic E-state index is -0.419. The molecule has 0 N–H and O–H groups in total. The molecule has 1 atom stereocenters. The number of nitrogens with zero attached hydrogens (tertiary/aromatic N) is 2. The summed E-state index contributed by atoms with van der Waals surface area (Å²) in [5.74, 6) is 0.231.